The second kappa shape index (κ2) is 6.84. The summed E-state index contributed by atoms with van der Waals surface area (Å²) in [4.78, 5) is 0. The van der Waals surface area contributed by atoms with Crippen LogP contribution in [0.25, 0.3) is 0 Å². The molecule has 2 nitrogen and oxygen atoms in total. The fraction of sp³-hybridized carbons (Fsp3) is 0.500. The molecule has 1 aromatic rings. The number of methoxy groups -OCH3 is 1. The summed E-state index contributed by atoms with van der Waals surface area (Å²) in [5, 5.41) is 0.446. The summed E-state index contributed by atoms with van der Waals surface area (Å²) in [5.41, 5.74) is 6.41. The fourth-order valence-electron chi connectivity index (χ4n) is 1.58. The molecule has 0 fully saturated rings. The molecule has 0 saturated heterocycles. The van der Waals surface area contributed by atoms with Crippen molar-refractivity contribution in [3.63, 3.8) is 0 Å². The molecule has 0 aromatic heterocycles. The Morgan fingerprint density at radius 3 is 2.88 bits per heavy atom. The first kappa shape index (κ1) is 13.4. The minimum atomic E-state index is -0.283. The van der Waals surface area contributed by atoms with Crippen molar-refractivity contribution < 1.29 is 9.13 Å². The average Bonchev–Trinajstić information content (AvgIpc) is 2.24. The van der Waals surface area contributed by atoms with Gasteiger partial charge in [-0.15, -0.1) is 0 Å². The van der Waals surface area contributed by atoms with Crippen LogP contribution in [0.1, 0.15) is 18.4 Å². The first-order valence-electron chi connectivity index (χ1n) is 5.32. The standard InChI is InChI=1S/C12H17ClFNO/c1-16-7-3-4-9(15)8-10-11(13)5-2-6-12(10)14/h2,5-6,9H,3-4,7-8,15H2,1H3. The molecule has 16 heavy (non-hydrogen) atoms. The van der Waals surface area contributed by atoms with Crippen LogP contribution in [-0.2, 0) is 11.2 Å². The molecule has 0 bridgehead atoms. The number of rotatable bonds is 6. The predicted molar refractivity (Wildman–Crippen MR) is 64.2 cm³/mol. The summed E-state index contributed by atoms with van der Waals surface area (Å²) < 4.78 is 18.4. The lowest BCUT2D eigenvalue weighted by atomic mass is 10.0. The second-order valence-corrected chi connectivity index (χ2v) is 4.21. The third kappa shape index (κ3) is 4.08. The smallest absolute Gasteiger partial charge is 0.127 e. The fourth-order valence-corrected chi connectivity index (χ4v) is 1.82. The largest absolute Gasteiger partial charge is 0.385 e. The number of nitrogens with two attached hydrogens (primary N) is 1. The molecule has 1 rings (SSSR count). The van der Waals surface area contributed by atoms with Gasteiger partial charge in [0.2, 0.25) is 0 Å². The summed E-state index contributed by atoms with van der Waals surface area (Å²) in [6.07, 6.45) is 2.15. The number of hydrogen-bond acceptors (Lipinski definition) is 2. The molecule has 0 aliphatic heterocycles. The van der Waals surface area contributed by atoms with Crippen LogP contribution in [0.2, 0.25) is 5.02 Å². The van der Waals surface area contributed by atoms with Gasteiger partial charge in [-0.3, -0.25) is 0 Å². The van der Waals surface area contributed by atoms with E-state index in [1.165, 1.54) is 6.07 Å². The Kier molecular flexibility index (Phi) is 5.74. The summed E-state index contributed by atoms with van der Waals surface area (Å²) in [7, 11) is 1.65. The first-order valence-corrected chi connectivity index (χ1v) is 5.70. The molecule has 0 spiro atoms. The van der Waals surface area contributed by atoms with Crippen LogP contribution >= 0.6 is 11.6 Å². The summed E-state index contributed by atoms with van der Waals surface area (Å²) in [5.74, 6) is -0.283. The maximum Gasteiger partial charge on any atom is 0.127 e. The van der Waals surface area contributed by atoms with Crippen molar-refractivity contribution in [2.45, 2.75) is 25.3 Å². The van der Waals surface area contributed by atoms with Crippen LogP contribution in [-0.4, -0.2) is 19.8 Å². The van der Waals surface area contributed by atoms with Gasteiger partial charge in [0.15, 0.2) is 0 Å². The topological polar surface area (TPSA) is 35.2 Å². The normalized spacial score (nSPS) is 12.8. The van der Waals surface area contributed by atoms with E-state index in [-0.39, 0.29) is 11.9 Å². The van der Waals surface area contributed by atoms with E-state index in [9.17, 15) is 4.39 Å². The van der Waals surface area contributed by atoms with Crippen LogP contribution in [0.15, 0.2) is 18.2 Å². The lowest BCUT2D eigenvalue weighted by Gasteiger charge is -2.13. The van der Waals surface area contributed by atoms with Crippen LogP contribution in [0.3, 0.4) is 0 Å². The zero-order valence-corrected chi connectivity index (χ0v) is 10.1. The van der Waals surface area contributed by atoms with Gasteiger partial charge in [-0.25, -0.2) is 4.39 Å². The molecule has 0 radical (unpaired) electrons. The molecular weight excluding hydrogens is 229 g/mol. The van der Waals surface area contributed by atoms with Crippen LogP contribution in [0.5, 0.6) is 0 Å². The van der Waals surface area contributed by atoms with E-state index in [4.69, 9.17) is 22.1 Å². The van der Waals surface area contributed by atoms with Crippen molar-refractivity contribution in [3.8, 4) is 0 Å². The molecule has 0 heterocycles. The molecule has 4 heteroatoms. The highest BCUT2D eigenvalue weighted by Gasteiger charge is 2.11. The molecule has 2 N–H and O–H groups in total. The Labute approximate surface area is 101 Å². The Morgan fingerprint density at radius 1 is 1.50 bits per heavy atom. The zero-order valence-electron chi connectivity index (χ0n) is 9.38. The van der Waals surface area contributed by atoms with Gasteiger partial charge in [0.05, 0.1) is 0 Å². The lowest BCUT2D eigenvalue weighted by molar-refractivity contribution is 0.190. The van der Waals surface area contributed by atoms with E-state index in [0.717, 1.165) is 12.8 Å². The molecule has 0 aliphatic rings. The quantitative estimate of drug-likeness (QED) is 0.783. The number of ether oxygens (including phenoxy) is 1. The van der Waals surface area contributed by atoms with Crippen LogP contribution < -0.4 is 5.73 Å². The van der Waals surface area contributed by atoms with Crippen molar-refractivity contribution in [2.75, 3.05) is 13.7 Å². The molecule has 1 unspecified atom stereocenters. The van der Waals surface area contributed by atoms with Crippen LogP contribution in [0, 0.1) is 5.82 Å². The van der Waals surface area contributed by atoms with E-state index in [1.807, 2.05) is 0 Å². The van der Waals surface area contributed by atoms with Gasteiger partial charge >= 0.3 is 0 Å². The van der Waals surface area contributed by atoms with Crippen molar-refractivity contribution in [3.05, 3.63) is 34.6 Å². The second-order valence-electron chi connectivity index (χ2n) is 3.80. The van der Waals surface area contributed by atoms with Gasteiger partial charge in [0.25, 0.3) is 0 Å². The Morgan fingerprint density at radius 2 is 2.25 bits per heavy atom. The van der Waals surface area contributed by atoms with E-state index in [1.54, 1.807) is 19.2 Å². The van der Waals surface area contributed by atoms with E-state index >= 15 is 0 Å². The summed E-state index contributed by atoms with van der Waals surface area (Å²) in [6, 6.07) is 4.60. The van der Waals surface area contributed by atoms with Gasteiger partial charge in [-0.05, 0) is 31.4 Å². The Balaban J connectivity index is 2.52. The molecule has 0 aliphatic carbocycles. The molecule has 1 aromatic carbocycles. The SMILES string of the molecule is COCCCC(N)Cc1c(F)cccc1Cl. The van der Waals surface area contributed by atoms with Crippen molar-refractivity contribution in [2.24, 2.45) is 5.73 Å². The maximum atomic E-state index is 13.4. The average molecular weight is 246 g/mol. The van der Waals surface area contributed by atoms with E-state index in [2.05, 4.69) is 0 Å². The van der Waals surface area contributed by atoms with E-state index < -0.39 is 0 Å². The Bertz CT molecular complexity index is 313. The molecule has 0 amide bonds. The third-order valence-corrected chi connectivity index (χ3v) is 2.81. The number of hydrogen-bond donors (Lipinski definition) is 1. The highest BCUT2D eigenvalue weighted by Crippen LogP contribution is 2.20. The first-order chi connectivity index (χ1) is 7.65. The van der Waals surface area contributed by atoms with E-state index in [0.29, 0.717) is 23.6 Å². The highest BCUT2D eigenvalue weighted by molar-refractivity contribution is 6.31. The van der Waals surface area contributed by atoms with Crippen molar-refractivity contribution >= 4 is 11.6 Å². The zero-order chi connectivity index (χ0) is 12.0. The predicted octanol–water partition coefficient (Wildman–Crippen LogP) is 2.78. The third-order valence-electron chi connectivity index (χ3n) is 2.45. The van der Waals surface area contributed by atoms with Gasteiger partial charge in [-0.2, -0.15) is 0 Å². The van der Waals surface area contributed by atoms with Gasteiger partial charge in [-0.1, -0.05) is 17.7 Å². The minimum Gasteiger partial charge on any atom is -0.385 e. The Hall–Kier alpha value is -0.640. The molecule has 1 atom stereocenters. The molecule has 90 valence electrons. The minimum absolute atomic E-state index is 0.0791. The van der Waals surface area contributed by atoms with Gasteiger partial charge < -0.3 is 10.5 Å². The summed E-state index contributed by atoms with van der Waals surface area (Å²) >= 11 is 5.91. The molecule has 0 saturated carbocycles. The van der Waals surface area contributed by atoms with Crippen molar-refractivity contribution in [1.29, 1.82) is 0 Å². The monoisotopic (exact) mass is 245 g/mol. The van der Waals surface area contributed by atoms with Crippen molar-refractivity contribution in [1.82, 2.24) is 0 Å². The molecular formula is C12H17ClFNO. The highest BCUT2D eigenvalue weighted by atomic mass is 35.5. The summed E-state index contributed by atoms with van der Waals surface area (Å²) in [6.45, 7) is 0.679. The lowest BCUT2D eigenvalue weighted by Crippen LogP contribution is -2.23. The van der Waals surface area contributed by atoms with Gasteiger partial charge in [0, 0.05) is 30.3 Å². The van der Waals surface area contributed by atoms with Crippen LogP contribution in [0.4, 0.5) is 4.39 Å². The maximum absolute atomic E-state index is 13.4. The number of benzene rings is 1. The number of halogens is 2. The van der Waals surface area contributed by atoms with Gasteiger partial charge in [0.1, 0.15) is 5.82 Å².